The molecule has 0 aliphatic rings. The first-order valence-electron chi connectivity index (χ1n) is 14.5. The van der Waals surface area contributed by atoms with Crippen molar-refractivity contribution in [2.45, 2.75) is 0 Å². The van der Waals surface area contributed by atoms with Gasteiger partial charge in [-0.05, 0) is 52.1 Å². The molecule has 0 bridgehead atoms. The van der Waals surface area contributed by atoms with Gasteiger partial charge in [0.15, 0.2) is 17.5 Å². The second-order valence-corrected chi connectivity index (χ2v) is 11.0. The minimum Gasteiger partial charge on any atom is -0.208 e. The van der Waals surface area contributed by atoms with E-state index in [2.05, 4.69) is 30.3 Å². The Bertz CT molecular complexity index is 2170. The maximum absolute atomic E-state index is 9.16. The first-order chi connectivity index (χ1) is 22.2. The van der Waals surface area contributed by atoms with Crippen molar-refractivity contribution in [1.29, 1.82) is 5.26 Å². The molecule has 0 aliphatic heterocycles. The molecule has 0 spiro atoms. The van der Waals surface area contributed by atoms with Crippen LogP contribution in [-0.2, 0) is 0 Å². The second kappa shape index (κ2) is 12.4. The normalized spacial score (nSPS) is 10.8. The van der Waals surface area contributed by atoms with E-state index in [0.717, 1.165) is 50.1 Å². The number of halogens is 1. The molecule has 5 heteroatoms. The fourth-order valence-electron chi connectivity index (χ4n) is 5.37. The third-order valence-electron chi connectivity index (χ3n) is 7.67. The smallest absolute Gasteiger partial charge is 0.164 e. The maximum atomic E-state index is 9.16. The Morgan fingerprint density at radius 3 is 1.60 bits per heavy atom. The predicted octanol–water partition coefficient (Wildman–Crippen LogP) is 10.4. The molecule has 7 aromatic rings. The fraction of sp³-hybridized carbons (Fsp3) is 0. The van der Waals surface area contributed by atoms with Crippen LogP contribution in [0.15, 0.2) is 152 Å². The highest BCUT2D eigenvalue weighted by Crippen LogP contribution is 2.38. The molecule has 1 heterocycles. The van der Waals surface area contributed by atoms with Crippen LogP contribution in [0.25, 0.3) is 67.5 Å². The summed E-state index contributed by atoms with van der Waals surface area (Å²) in [6, 6.07) is 52.3. The van der Waals surface area contributed by atoms with E-state index < -0.39 is 0 Å². The van der Waals surface area contributed by atoms with Crippen LogP contribution >= 0.6 is 11.6 Å². The second-order valence-electron chi connectivity index (χ2n) is 10.5. The van der Waals surface area contributed by atoms with Gasteiger partial charge in [0.1, 0.15) is 0 Å². The van der Waals surface area contributed by atoms with Gasteiger partial charge >= 0.3 is 0 Å². The van der Waals surface area contributed by atoms with E-state index in [0.29, 0.717) is 28.1 Å². The van der Waals surface area contributed by atoms with Crippen molar-refractivity contribution in [3.05, 3.63) is 162 Å². The molecule has 45 heavy (non-hydrogen) atoms. The molecule has 6 aromatic carbocycles. The van der Waals surface area contributed by atoms with E-state index >= 15 is 0 Å². The molecule has 212 valence electrons. The largest absolute Gasteiger partial charge is 0.208 e. The van der Waals surface area contributed by atoms with Crippen molar-refractivity contribution in [1.82, 2.24) is 15.0 Å². The zero-order chi connectivity index (χ0) is 30.6. The first-order valence-corrected chi connectivity index (χ1v) is 14.9. The molecule has 4 nitrogen and oxygen atoms in total. The predicted molar refractivity (Wildman–Crippen MR) is 182 cm³/mol. The zero-order valence-electron chi connectivity index (χ0n) is 24.1. The molecule has 0 saturated carbocycles. The van der Waals surface area contributed by atoms with Gasteiger partial charge < -0.3 is 0 Å². The number of benzene rings is 6. The summed E-state index contributed by atoms with van der Waals surface area (Å²) in [6.45, 7) is 0. The Hall–Kier alpha value is -5.89. The van der Waals surface area contributed by atoms with Crippen LogP contribution in [-0.4, -0.2) is 15.0 Å². The van der Waals surface area contributed by atoms with Crippen molar-refractivity contribution >= 4 is 11.6 Å². The minimum atomic E-state index is 0.562. The number of nitriles is 1. The van der Waals surface area contributed by atoms with Crippen molar-refractivity contribution in [2.75, 3.05) is 0 Å². The van der Waals surface area contributed by atoms with Crippen LogP contribution in [0.5, 0.6) is 0 Å². The van der Waals surface area contributed by atoms with Gasteiger partial charge in [0.05, 0.1) is 11.6 Å². The lowest BCUT2D eigenvalue weighted by Gasteiger charge is -2.14. The molecule has 0 atom stereocenters. The lowest BCUT2D eigenvalue weighted by molar-refractivity contribution is 1.07. The lowest BCUT2D eigenvalue weighted by Crippen LogP contribution is -2.01. The third kappa shape index (κ3) is 5.86. The van der Waals surface area contributed by atoms with E-state index in [1.54, 1.807) is 0 Å². The summed E-state index contributed by atoms with van der Waals surface area (Å²) in [5.41, 5.74) is 9.25. The highest BCUT2D eigenvalue weighted by molar-refractivity contribution is 6.33. The van der Waals surface area contributed by atoms with Crippen molar-refractivity contribution in [2.24, 2.45) is 0 Å². The molecule has 0 fully saturated rings. The molecule has 0 saturated heterocycles. The van der Waals surface area contributed by atoms with Gasteiger partial charge in [-0.25, -0.2) is 15.0 Å². The van der Waals surface area contributed by atoms with Gasteiger partial charge in [-0.3, -0.25) is 0 Å². The highest BCUT2D eigenvalue weighted by Gasteiger charge is 2.17. The SMILES string of the molecule is N#Cc1ccc(-c2ccc(-c3ccccc3-c3nc(-c4ccccc4)nc(-c4cccc(-c5ccccc5)c4)n3)c(Cl)c2)cc1. The summed E-state index contributed by atoms with van der Waals surface area (Å²) >= 11 is 6.96. The molecule has 1 aromatic heterocycles. The Kier molecular flexibility index (Phi) is 7.68. The minimum absolute atomic E-state index is 0.562. The van der Waals surface area contributed by atoms with Crippen molar-refractivity contribution in [3.63, 3.8) is 0 Å². The summed E-state index contributed by atoms with van der Waals surface area (Å²) in [5, 5.41) is 9.77. The molecular formula is C40H25ClN4. The quantitative estimate of drug-likeness (QED) is 0.191. The van der Waals surface area contributed by atoms with Gasteiger partial charge in [-0.2, -0.15) is 5.26 Å². The number of rotatable bonds is 6. The third-order valence-corrected chi connectivity index (χ3v) is 7.98. The van der Waals surface area contributed by atoms with Gasteiger partial charge in [0, 0.05) is 27.3 Å². The summed E-state index contributed by atoms with van der Waals surface area (Å²) in [5.74, 6) is 1.75. The zero-order valence-corrected chi connectivity index (χ0v) is 24.9. The number of hydrogen-bond acceptors (Lipinski definition) is 4. The average molecular weight is 597 g/mol. The van der Waals surface area contributed by atoms with Crippen LogP contribution in [0.1, 0.15) is 5.56 Å². The van der Waals surface area contributed by atoms with Crippen molar-refractivity contribution in [3.8, 4) is 73.6 Å². The molecular weight excluding hydrogens is 572 g/mol. The standard InChI is InChI=1S/C40H25ClN4/c41-37-25-32(29-20-18-27(26-42)19-21-29)22-23-35(37)34-16-7-8-17-36(34)40-44-38(30-12-5-2-6-13-30)43-39(45-40)33-15-9-14-31(24-33)28-10-3-1-4-11-28/h1-25H. The van der Waals surface area contributed by atoms with Crippen LogP contribution in [0.4, 0.5) is 0 Å². The highest BCUT2D eigenvalue weighted by atomic mass is 35.5. The lowest BCUT2D eigenvalue weighted by atomic mass is 9.96. The van der Waals surface area contributed by atoms with E-state index in [4.69, 9.17) is 31.8 Å². The number of aromatic nitrogens is 3. The number of nitrogens with zero attached hydrogens (tertiary/aromatic N) is 4. The summed E-state index contributed by atoms with van der Waals surface area (Å²) < 4.78 is 0. The van der Waals surface area contributed by atoms with Gasteiger partial charge in [-0.15, -0.1) is 0 Å². The summed E-state index contributed by atoms with van der Waals surface area (Å²) in [7, 11) is 0. The van der Waals surface area contributed by atoms with Gasteiger partial charge in [0.2, 0.25) is 0 Å². The summed E-state index contributed by atoms with van der Waals surface area (Å²) in [6.07, 6.45) is 0. The first kappa shape index (κ1) is 27.9. The molecule has 0 radical (unpaired) electrons. The Morgan fingerprint density at radius 2 is 0.911 bits per heavy atom. The molecule has 0 N–H and O–H groups in total. The van der Waals surface area contributed by atoms with E-state index in [1.165, 1.54) is 0 Å². The molecule has 0 amide bonds. The van der Waals surface area contributed by atoms with Gasteiger partial charge in [-0.1, -0.05) is 139 Å². The maximum Gasteiger partial charge on any atom is 0.164 e. The topological polar surface area (TPSA) is 62.5 Å². The summed E-state index contributed by atoms with van der Waals surface area (Å²) in [4.78, 5) is 15.0. The van der Waals surface area contributed by atoms with E-state index in [9.17, 15) is 0 Å². The molecule has 7 rings (SSSR count). The number of hydrogen-bond donors (Lipinski definition) is 0. The Labute approximate surface area is 266 Å². The fourth-order valence-corrected chi connectivity index (χ4v) is 5.66. The van der Waals surface area contributed by atoms with E-state index in [-0.39, 0.29) is 0 Å². The van der Waals surface area contributed by atoms with Crippen LogP contribution < -0.4 is 0 Å². The monoisotopic (exact) mass is 596 g/mol. The molecule has 0 aliphatic carbocycles. The van der Waals surface area contributed by atoms with Gasteiger partial charge in [0.25, 0.3) is 0 Å². The van der Waals surface area contributed by atoms with E-state index in [1.807, 2.05) is 127 Å². The Balaban J connectivity index is 1.35. The molecule has 0 unspecified atom stereocenters. The van der Waals surface area contributed by atoms with Crippen molar-refractivity contribution < 1.29 is 0 Å². The van der Waals surface area contributed by atoms with Crippen LogP contribution in [0.2, 0.25) is 5.02 Å². The Morgan fingerprint density at radius 1 is 0.400 bits per heavy atom. The van der Waals surface area contributed by atoms with Crippen LogP contribution in [0.3, 0.4) is 0 Å². The average Bonchev–Trinajstić information content (AvgIpc) is 3.12. The van der Waals surface area contributed by atoms with Crippen LogP contribution in [0, 0.1) is 11.3 Å².